The van der Waals surface area contributed by atoms with Gasteiger partial charge in [0, 0.05) is 13.1 Å². The Hall–Kier alpha value is -0.640. The van der Waals surface area contributed by atoms with E-state index in [1.165, 1.54) is 19.3 Å². The molecule has 18 heavy (non-hydrogen) atoms. The molecule has 0 radical (unpaired) electrons. The molecule has 4 heteroatoms. The molecular weight excluding hydrogens is 244 g/mol. The lowest BCUT2D eigenvalue weighted by Crippen LogP contribution is -2.56. The molecular formula is C14H22N2OS. The third-order valence-corrected chi connectivity index (χ3v) is 5.68. The summed E-state index contributed by atoms with van der Waals surface area (Å²) in [5.74, 6) is 2.30. The van der Waals surface area contributed by atoms with Crippen molar-refractivity contribution in [3.63, 3.8) is 0 Å². The van der Waals surface area contributed by atoms with Crippen LogP contribution in [0.15, 0.2) is 0 Å². The van der Waals surface area contributed by atoms with Gasteiger partial charge in [-0.3, -0.25) is 4.79 Å². The van der Waals surface area contributed by atoms with Gasteiger partial charge in [-0.25, -0.2) is 0 Å². The molecule has 3 aliphatic rings. The zero-order valence-electron chi connectivity index (χ0n) is 11.0. The molecule has 0 bridgehead atoms. The minimum Gasteiger partial charge on any atom is -0.392 e. The van der Waals surface area contributed by atoms with E-state index < -0.39 is 5.41 Å². The minimum absolute atomic E-state index is 0.225. The number of nitrogens with two attached hydrogens (primary N) is 1. The molecule has 0 aromatic carbocycles. The quantitative estimate of drug-likeness (QED) is 0.777. The van der Waals surface area contributed by atoms with Gasteiger partial charge in [0.25, 0.3) is 0 Å². The molecule has 2 aliphatic carbocycles. The van der Waals surface area contributed by atoms with Gasteiger partial charge in [0.2, 0.25) is 5.91 Å². The number of fused-ring (bicyclic) bond motifs is 1. The summed E-state index contributed by atoms with van der Waals surface area (Å²) in [5, 5.41) is 0. The molecule has 0 aromatic rings. The largest absolute Gasteiger partial charge is 0.392 e. The Balaban J connectivity index is 1.73. The molecule has 1 amide bonds. The van der Waals surface area contributed by atoms with Crippen molar-refractivity contribution in [1.82, 2.24) is 4.90 Å². The molecule has 0 aromatic heterocycles. The van der Waals surface area contributed by atoms with Gasteiger partial charge in [-0.2, -0.15) is 0 Å². The van der Waals surface area contributed by atoms with E-state index in [2.05, 4.69) is 11.8 Å². The first-order valence-corrected chi connectivity index (χ1v) is 7.53. The van der Waals surface area contributed by atoms with Gasteiger partial charge >= 0.3 is 0 Å². The number of hydrogen-bond acceptors (Lipinski definition) is 2. The Bertz CT molecular complexity index is 377. The molecule has 2 saturated carbocycles. The van der Waals surface area contributed by atoms with Crippen LogP contribution in [-0.2, 0) is 4.79 Å². The van der Waals surface area contributed by atoms with Gasteiger partial charge in [-0.05, 0) is 43.4 Å². The van der Waals surface area contributed by atoms with Crippen molar-refractivity contribution in [3.05, 3.63) is 0 Å². The molecule has 2 unspecified atom stereocenters. The van der Waals surface area contributed by atoms with Crippen LogP contribution in [0.4, 0.5) is 0 Å². The highest BCUT2D eigenvalue weighted by molar-refractivity contribution is 7.80. The average molecular weight is 266 g/mol. The highest BCUT2D eigenvalue weighted by Gasteiger charge is 2.54. The predicted molar refractivity (Wildman–Crippen MR) is 75.0 cm³/mol. The maximum atomic E-state index is 12.7. The lowest BCUT2D eigenvalue weighted by atomic mass is 9.61. The van der Waals surface area contributed by atoms with Crippen molar-refractivity contribution < 1.29 is 4.79 Å². The summed E-state index contributed by atoms with van der Waals surface area (Å²) >= 11 is 5.18. The highest BCUT2D eigenvalue weighted by Crippen LogP contribution is 2.49. The van der Waals surface area contributed by atoms with Crippen molar-refractivity contribution in [2.75, 3.05) is 13.1 Å². The topological polar surface area (TPSA) is 46.3 Å². The highest BCUT2D eigenvalue weighted by atomic mass is 32.1. The van der Waals surface area contributed by atoms with E-state index in [9.17, 15) is 4.79 Å². The van der Waals surface area contributed by atoms with Crippen LogP contribution < -0.4 is 5.73 Å². The van der Waals surface area contributed by atoms with E-state index in [1.807, 2.05) is 0 Å². The molecule has 1 saturated heterocycles. The number of nitrogens with zero attached hydrogens (tertiary/aromatic N) is 1. The summed E-state index contributed by atoms with van der Waals surface area (Å²) in [4.78, 5) is 15.2. The second kappa shape index (κ2) is 4.19. The Labute approximate surface area is 114 Å². The second-order valence-electron chi connectivity index (χ2n) is 6.62. The summed E-state index contributed by atoms with van der Waals surface area (Å²) in [6.45, 7) is 4.06. The molecule has 2 N–H and O–H groups in total. The fraction of sp³-hybridized carbons (Fsp3) is 0.857. The number of likely N-dealkylation sites (tertiary alicyclic amines) is 1. The predicted octanol–water partition coefficient (Wildman–Crippen LogP) is 1.95. The number of carbonyl (C=O) groups is 1. The number of hydrogen-bond donors (Lipinski definition) is 1. The van der Waals surface area contributed by atoms with Crippen molar-refractivity contribution in [3.8, 4) is 0 Å². The molecule has 3 rings (SSSR count). The zero-order chi connectivity index (χ0) is 12.9. The third kappa shape index (κ3) is 1.68. The Morgan fingerprint density at radius 1 is 1.28 bits per heavy atom. The first-order chi connectivity index (χ1) is 8.53. The first-order valence-electron chi connectivity index (χ1n) is 7.12. The number of rotatable bonds is 2. The maximum absolute atomic E-state index is 12.7. The van der Waals surface area contributed by atoms with Crippen molar-refractivity contribution in [2.24, 2.45) is 28.9 Å². The summed E-state index contributed by atoms with van der Waals surface area (Å²) in [6, 6.07) is 0. The fourth-order valence-corrected chi connectivity index (χ4v) is 4.57. The van der Waals surface area contributed by atoms with E-state index in [0.29, 0.717) is 10.9 Å². The molecule has 1 aliphatic heterocycles. The Morgan fingerprint density at radius 2 is 1.83 bits per heavy atom. The second-order valence-corrected chi connectivity index (χ2v) is 7.06. The zero-order valence-corrected chi connectivity index (χ0v) is 11.8. The normalized spacial score (nSPS) is 42.5. The third-order valence-electron chi connectivity index (χ3n) is 5.29. The first kappa shape index (κ1) is 12.4. The minimum atomic E-state index is -0.493. The lowest BCUT2D eigenvalue weighted by molar-refractivity contribution is -0.143. The van der Waals surface area contributed by atoms with Crippen LogP contribution in [0.5, 0.6) is 0 Å². The van der Waals surface area contributed by atoms with Crippen molar-refractivity contribution in [2.45, 2.75) is 39.0 Å². The SMILES string of the molecule is CC1CC(C(=O)N2CC3CCCC3C2)(C(N)=S)C1. The van der Waals surface area contributed by atoms with Crippen LogP contribution in [0.3, 0.4) is 0 Å². The van der Waals surface area contributed by atoms with Gasteiger partial charge < -0.3 is 10.6 Å². The van der Waals surface area contributed by atoms with E-state index >= 15 is 0 Å². The van der Waals surface area contributed by atoms with E-state index in [1.54, 1.807) is 0 Å². The van der Waals surface area contributed by atoms with E-state index in [4.69, 9.17) is 18.0 Å². The van der Waals surface area contributed by atoms with Crippen molar-refractivity contribution >= 4 is 23.1 Å². The summed E-state index contributed by atoms with van der Waals surface area (Å²) in [6.07, 6.45) is 5.64. The maximum Gasteiger partial charge on any atom is 0.235 e. The molecule has 3 fully saturated rings. The molecule has 100 valence electrons. The lowest BCUT2D eigenvalue weighted by Gasteiger charge is -2.46. The molecule has 1 heterocycles. The van der Waals surface area contributed by atoms with Crippen LogP contribution in [0, 0.1) is 23.2 Å². The molecule has 2 atom stereocenters. The van der Waals surface area contributed by atoms with Gasteiger partial charge in [-0.15, -0.1) is 0 Å². The number of carbonyl (C=O) groups excluding carboxylic acids is 1. The molecule has 0 spiro atoms. The van der Waals surface area contributed by atoms with Crippen molar-refractivity contribution in [1.29, 1.82) is 0 Å². The van der Waals surface area contributed by atoms with Crippen LogP contribution in [0.25, 0.3) is 0 Å². The van der Waals surface area contributed by atoms with Crippen LogP contribution in [0.1, 0.15) is 39.0 Å². The molecule has 3 nitrogen and oxygen atoms in total. The van der Waals surface area contributed by atoms with Crippen LogP contribution in [0.2, 0.25) is 0 Å². The van der Waals surface area contributed by atoms with Gasteiger partial charge in [0.05, 0.1) is 10.4 Å². The standard InChI is InChI=1S/C14H22N2OS/c1-9-5-14(6-9,12(15)18)13(17)16-7-10-3-2-4-11(10)8-16/h9-11H,2-8H2,1H3,(H2,15,18). The van der Waals surface area contributed by atoms with Crippen LogP contribution >= 0.6 is 12.2 Å². The summed E-state index contributed by atoms with van der Waals surface area (Å²) in [7, 11) is 0. The van der Waals surface area contributed by atoms with E-state index in [0.717, 1.165) is 37.8 Å². The Morgan fingerprint density at radius 3 is 2.28 bits per heavy atom. The Kier molecular flexibility index (Phi) is 2.88. The monoisotopic (exact) mass is 266 g/mol. The smallest absolute Gasteiger partial charge is 0.235 e. The van der Waals surface area contributed by atoms with Crippen LogP contribution in [-0.4, -0.2) is 28.9 Å². The summed E-state index contributed by atoms with van der Waals surface area (Å²) < 4.78 is 0. The number of amides is 1. The van der Waals surface area contributed by atoms with E-state index in [-0.39, 0.29) is 5.91 Å². The summed E-state index contributed by atoms with van der Waals surface area (Å²) in [5.41, 5.74) is 5.37. The average Bonchev–Trinajstić information content (AvgIpc) is 2.82. The number of thiocarbonyl (C=S) groups is 1. The van der Waals surface area contributed by atoms with Gasteiger partial charge in [0.15, 0.2) is 0 Å². The fourth-order valence-electron chi connectivity index (χ4n) is 4.31. The van der Waals surface area contributed by atoms with Gasteiger partial charge in [-0.1, -0.05) is 25.6 Å². The van der Waals surface area contributed by atoms with Gasteiger partial charge in [0.1, 0.15) is 0 Å².